The summed E-state index contributed by atoms with van der Waals surface area (Å²) in [5, 5.41) is 0. The average molecular weight is 441 g/mol. The van der Waals surface area contributed by atoms with Gasteiger partial charge in [0.15, 0.2) is 11.7 Å². The Hall–Kier alpha value is -3.07. The minimum atomic E-state index is -1.14. The van der Waals surface area contributed by atoms with Gasteiger partial charge in [-0.25, -0.2) is 13.2 Å². The van der Waals surface area contributed by atoms with Crippen LogP contribution in [0.4, 0.5) is 13.2 Å². The van der Waals surface area contributed by atoms with Crippen molar-refractivity contribution in [3.63, 3.8) is 0 Å². The molecule has 0 rings (SSSR count). The predicted octanol–water partition coefficient (Wildman–Crippen LogP) is 9.84. The molecule has 0 saturated heterocycles. The van der Waals surface area contributed by atoms with Gasteiger partial charge < -0.3 is 0 Å². The van der Waals surface area contributed by atoms with Crippen LogP contribution in [0.15, 0.2) is 133 Å². The molecule has 0 aliphatic heterocycles. The molecule has 0 aliphatic rings. The Kier molecular flexibility index (Phi) is 12.7. The molecule has 0 bridgehead atoms. The second kappa shape index (κ2) is 14.1. The highest BCUT2D eigenvalue weighted by molar-refractivity contribution is 5.54. The van der Waals surface area contributed by atoms with Crippen LogP contribution in [0.1, 0.15) is 40.0 Å². The molecule has 0 amide bonds. The zero-order valence-corrected chi connectivity index (χ0v) is 19.7. The molecule has 172 valence electrons. The highest BCUT2D eigenvalue weighted by Crippen LogP contribution is 2.29. The van der Waals surface area contributed by atoms with Crippen LogP contribution in [0.25, 0.3) is 0 Å². The zero-order valence-electron chi connectivity index (χ0n) is 19.7. The molecule has 0 aromatic carbocycles. The molecule has 0 radical (unpaired) electrons. The lowest BCUT2D eigenvalue weighted by atomic mass is 10.00. The molecule has 0 aromatic rings. The van der Waals surface area contributed by atoms with Gasteiger partial charge >= 0.3 is 0 Å². The maximum Gasteiger partial charge on any atom is 0.166 e. The fourth-order valence-corrected chi connectivity index (χ4v) is 2.27. The summed E-state index contributed by atoms with van der Waals surface area (Å²) < 4.78 is 43.1. The SMILES string of the molecule is C=CCCC(=C)/C(F)=C(/F)C(=C)C(=C)/C=C\C(=C)C(=C)/C(F)=C\C(=C)/C(C)=C/CC(C)C. The van der Waals surface area contributed by atoms with Gasteiger partial charge in [0.1, 0.15) is 5.83 Å². The largest absolute Gasteiger partial charge is 0.206 e. The molecule has 0 nitrogen and oxygen atoms in total. The lowest BCUT2D eigenvalue weighted by molar-refractivity contribution is 0.552. The second-order valence-electron chi connectivity index (χ2n) is 7.93. The highest BCUT2D eigenvalue weighted by atomic mass is 19.2. The van der Waals surface area contributed by atoms with Crippen molar-refractivity contribution in [2.75, 3.05) is 0 Å². The van der Waals surface area contributed by atoms with E-state index >= 15 is 0 Å². The van der Waals surface area contributed by atoms with Crippen LogP contribution in [0.2, 0.25) is 0 Å². The van der Waals surface area contributed by atoms with Gasteiger partial charge in [0.2, 0.25) is 0 Å². The third-order valence-electron chi connectivity index (χ3n) is 4.67. The Labute approximate surface area is 192 Å². The van der Waals surface area contributed by atoms with Crippen molar-refractivity contribution in [3.8, 4) is 0 Å². The van der Waals surface area contributed by atoms with E-state index < -0.39 is 17.5 Å². The van der Waals surface area contributed by atoms with E-state index in [9.17, 15) is 13.2 Å². The second-order valence-corrected chi connectivity index (χ2v) is 7.93. The topological polar surface area (TPSA) is 0 Å². The van der Waals surface area contributed by atoms with Gasteiger partial charge in [-0.3, -0.25) is 0 Å². The molecule has 0 aromatic heterocycles. The third kappa shape index (κ3) is 9.82. The van der Waals surface area contributed by atoms with E-state index in [0.29, 0.717) is 17.9 Å². The quantitative estimate of drug-likeness (QED) is 0.186. The van der Waals surface area contributed by atoms with Crippen LogP contribution in [-0.2, 0) is 0 Å². The van der Waals surface area contributed by atoms with Crippen LogP contribution in [0, 0.1) is 5.92 Å². The van der Waals surface area contributed by atoms with E-state index in [1.165, 1.54) is 18.2 Å². The Morgan fingerprint density at radius 1 is 0.812 bits per heavy atom. The van der Waals surface area contributed by atoms with Gasteiger partial charge in [-0.2, -0.15) is 0 Å². The molecule has 0 heterocycles. The molecular formula is C29H35F3. The van der Waals surface area contributed by atoms with Gasteiger partial charge in [0.25, 0.3) is 0 Å². The van der Waals surface area contributed by atoms with Crippen molar-refractivity contribution in [1.82, 2.24) is 0 Å². The molecular weight excluding hydrogens is 405 g/mol. The smallest absolute Gasteiger partial charge is 0.166 e. The van der Waals surface area contributed by atoms with E-state index in [1.807, 2.05) is 13.0 Å². The van der Waals surface area contributed by atoms with E-state index in [1.54, 1.807) is 6.08 Å². The molecule has 0 saturated carbocycles. The summed E-state index contributed by atoms with van der Waals surface area (Å²) >= 11 is 0. The Balaban J connectivity index is 5.27. The van der Waals surface area contributed by atoms with Crippen LogP contribution in [0.5, 0.6) is 0 Å². The fourth-order valence-electron chi connectivity index (χ4n) is 2.27. The number of allylic oxidation sites excluding steroid dienone is 15. The molecule has 0 aliphatic carbocycles. The maximum absolute atomic E-state index is 14.6. The van der Waals surface area contributed by atoms with Crippen molar-refractivity contribution in [2.45, 2.75) is 40.0 Å². The minimum Gasteiger partial charge on any atom is -0.206 e. The number of halogens is 3. The van der Waals surface area contributed by atoms with Crippen molar-refractivity contribution in [1.29, 1.82) is 0 Å². The molecule has 0 spiro atoms. The lowest BCUT2D eigenvalue weighted by Crippen LogP contribution is -1.92. The first-order valence-electron chi connectivity index (χ1n) is 10.4. The van der Waals surface area contributed by atoms with Crippen LogP contribution in [-0.4, -0.2) is 0 Å². The van der Waals surface area contributed by atoms with Crippen molar-refractivity contribution < 1.29 is 13.2 Å². The van der Waals surface area contributed by atoms with Gasteiger partial charge in [0.05, 0.1) is 0 Å². The summed E-state index contributed by atoms with van der Waals surface area (Å²) in [5.74, 6) is -2.29. The average Bonchev–Trinajstić information content (AvgIpc) is 2.76. The maximum atomic E-state index is 14.6. The normalized spacial score (nSPS) is 13.1. The first-order valence-corrected chi connectivity index (χ1v) is 10.4. The zero-order chi connectivity index (χ0) is 25.0. The summed E-state index contributed by atoms with van der Waals surface area (Å²) in [4.78, 5) is 0. The molecule has 0 N–H and O–H groups in total. The Morgan fingerprint density at radius 3 is 1.84 bits per heavy atom. The van der Waals surface area contributed by atoms with Gasteiger partial charge in [0, 0.05) is 11.1 Å². The Bertz CT molecular complexity index is 927. The number of hydrogen-bond donors (Lipinski definition) is 0. The third-order valence-corrected chi connectivity index (χ3v) is 4.67. The summed E-state index contributed by atoms with van der Waals surface area (Å²) in [6.45, 7) is 31.7. The van der Waals surface area contributed by atoms with Crippen molar-refractivity contribution in [3.05, 3.63) is 133 Å². The number of rotatable bonds is 14. The van der Waals surface area contributed by atoms with Crippen LogP contribution < -0.4 is 0 Å². The van der Waals surface area contributed by atoms with Crippen LogP contribution in [0.3, 0.4) is 0 Å². The van der Waals surface area contributed by atoms with E-state index in [2.05, 4.69) is 59.9 Å². The van der Waals surface area contributed by atoms with Crippen molar-refractivity contribution in [2.24, 2.45) is 5.92 Å². The standard InChI is InChI=1S/C29H35F3/c1-11-12-13-23(7)28(31)29(32)26(10)22(6)17-16-21(5)25(9)27(30)18-24(8)20(4)15-14-19(2)3/h11,15-19H,1,5-10,12-14H2,2-4H3/b17-16-,20-15+,27-18+,29-28-. The number of hydrogen-bond acceptors (Lipinski definition) is 0. The first-order chi connectivity index (χ1) is 14.8. The fraction of sp³-hybridized carbons (Fsp3) is 0.241. The first kappa shape index (κ1) is 28.9. The van der Waals surface area contributed by atoms with E-state index in [0.717, 1.165) is 12.0 Å². The monoisotopic (exact) mass is 440 g/mol. The van der Waals surface area contributed by atoms with Gasteiger partial charge in [-0.05, 0) is 66.0 Å². The Morgan fingerprint density at radius 2 is 1.34 bits per heavy atom. The predicted molar refractivity (Wildman–Crippen MR) is 135 cm³/mol. The molecule has 3 heteroatoms. The summed E-state index contributed by atoms with van der Waals surface area (Å²) in [6, 6.07) is 0. The van der Waals surface area contributed by atoms with E-state index in [-0.39, 0.29) is 34.3 Å². The van der Waals surface area contributed by atoms with Gasteiger partial charge in [-0.1, -0.05) is 77.6 Å². The molecule has 0 atom stereocenters. The lowest BCUT2D eigenvalue weighted by Gasteiger charge is -2.08. The van der Waals surface area contributed by atoms with Crippen molar-refractivity contribution >= 4 is 0 Å². The molecule has 32 heavy (non-hydrogen) atoms. The molecule has 0 unspecified atom stereocenters. The van der Waals surface area contributed by atoms with Crippen LogP contribution >= 0.6 is 0 Å². The summed E-state index contributed by atoms with van der Waals surface area (Å²) in [7, 11) is 0. The highest BCUT2D eigenvalue weighted by Gasteiger charge is 2.14. The summed E-state index contributed by atoms with van der Waals surface area (Å²) in [5.41, 5.74) is 1.63. The van der Waals surface area contributed by atoms with E-state index in [4.69, 9.17) is 0 Å². The minimum absolute atomic E-state index is 0.0169. The molecule has 0 fully saturated rings. The van der Waals surface area contributed by atoms with Gasteiger partial charge in [-0.15, -0.1) is 6.58 Å². The summed E-state index contributed by atoms with van der Waals surface area (Å²) in [6.07, 6.45) is 9.31.